The number of aromatic nitrogens is 5. The van der Waals surface area contributed by atoms with Gasteiger partial charge in [0.05, 0.1) is 40.5 Å². The predicted molar refractivity (Wildman–Crippen MR) is 99.5 cm³/mol. The quantitative estimate of drug-likeness (QED) is 0.618. The van der Waals surface area contributed by atoms with Crippen molar-refractivity contribution in [2.45, 2.75) is 40.2 Å². The summed E-state index contributed by atoms with van der Waals surface area (Å²) >= 11 is 6.45. The van der Waals surface area contributed by atoms with Gasteiger partial charge in [0.2, 0.25) is 0 Å². The van der Waals surface area contributed by atoms with E-state index < -0.39 is 5.97 Å². The molecule has 0 saturated heterocycles. The molecule has 0 unspecified atom stereocenters. The molecule has 0 N–H and O–H groups in total. The average molecular weight is 376 g/mol. The summed E-state index contributed by atoms with van der Waals surface area (Å²) in [5.41, 5.74) is 3.70. The van der Waals surface area contributed by atoms with Crippen LogP contribution in [-0.4, -0.2) is 37.1 Å². The van der Waals surface area contributed by atoms with Crippen LogP contribution in [0.25, 0.3) is 11.0 Å². The summed E-state index contributed by atoms with van der Waals surface area (Å²) < 4.78 is 8.70. The minimum atomic E-state index is -0.479. The molecule has 0 amide bonds. The number of esters is 1. The second kappa shape index (κ2) is 7.45. The van der Waals surface area contributed by atoms with Gasteiger partial charge in [-0.15, -0.1) is 0 Å². The third kappa shape index (κ3) is 3.31. The first-order chi connectivity index (χ1) is 12.5. The molecule has 0 aliphatic rings. The van der Waals surface area contributed by atoms with E-state index in [1.807, 2.05) is 18.7 Å². The number of nitrogens with zero attached hydrogens (tertiary/aromatic N) is 5. The Morgan fingerprint density at radius 3 is 2.77 bits per heavy atom. The Morgan fingerprint density at radius 1 is 1.31 bits per heavy atom. The lowest BCUT2D eigenvalue weighted by atomic mass is 10.2. The molecule has 8 heteroatoms. The minimum Gasteiger partial charge on any atom is -0.462 e. The number of carbonyl (C=O) groups is 1. The molecule has 3 aromatic heterocycles. The molecule has 7 nitrogen and oxygen atoms in total. The van der Waals surface area contributed by atoms with Crippen LogP contribution >= 0.6 is 11.6 Å². The largest absolute Gasteiger partial charge is 0.462 e. The molecule has 0 bridgehead atoms. The first-order valence-electron chi connectivity index (χ1n) is 8.66. The van der Waals surface area contributed by atoms with Gasteiger partial charge in [-0.25, -0.2) is 14.5 Å². The Balaban J connectivity index is 1.99. The molecule has 3 aromatic rings. The first kappa shape index (κ1) is 18.4. The Morgan fingerprint density at radius 2 is 2.08 bits per heavy atom. The molecule has 0 fully saturated rings. The molecule has 138 valence electrons. The molecule has 3 heterocycles. The zero-order chi connectivity index (χ0) is 18.8. The minimum absolute atomic E-state index is 0.256. The summed E-state index contributed by atoms with van der Waals surface area (Å²) in [6, 6.07) is 2.08. The molecular formula is C18H22ClN5O2. The number of hydrogen-bond donors (Lipinski definition) is 0. The Kier molecular flexibility index (Phi) is 5.27. The average Bonchev–Trinajstić information content (AvgIpc) is 3.09. The van der Waals surface area contributed by atoms with Gasteiger partial charge >= 0.3 is 5.97 Å². The zero-order valence-electron chi connectivity index (χ0n) is 15.4. The molecule has 3 rings (SSSR count). The van der Waals surface area contributed by atoms with Crippen LogP contribution < -0.4 is 0 Å². The summed E-state index contributed by atoms with van der Waals surface area (Å²) in [7, 11) is 1.95. The SMILES string of the molecule is CCCc1cc(Cn2nc(C)c3c(Cl)c(C(=O)OCC)cnc32)nn1C. The number of halogens is 1. The Hall–Kier alpha value is -2.41. The van der Waals surface area contributed by atoms with Gasteiger partial charge in [0, 0.05) is 18.9 Å². The molecule has 0 radical (unpaired) electrons. The third-order valence-electron chi connectivity index (χ3n) is 4.21. The normalized spacial score (nSPS) is 11.3. The number of hydrogen-bond acceptors (Lipinski definition) is 5. The van der Waals surface area contributed by atoms with E-state index in [1.54, 1.807) is 11.6 Å². The van der Waals surface area contributed by atoms with Gasteiger partial charge in [-0.3, -0.25) is 4.68 Å². The van der Waals surface area contributed by atoms with Crippen molar-refractivity contribution in [3.8, 4) is 0 Å². The maximum absolute atomic E-state index is 12.0. The van der Waals surface area contributed by atoms with Crippen LogP contribution in [0.15, 0.2) is 12.3 Å². The van der Waals surface area contributed by atoms with Crippen molar-refractivity contribution in [2.24, 2.45) is 7.05 Å². The van der Waals surface area contributed by atoms with Crippen molar-refractivity contribution in [1.29, 1.82) is 0 Å². The molecule has 0 aromatic carbocycles. The van der Waals surface area contributed by atoms with Crippen molar-refractivity contribution < 1.29 is 9.53 Å². The van der Waals surface area contributed by atoms with Gasteiger partial charge in [-0.1, -0.05) is 24.9 Å². The number of rotatable bonds is 6. The summed E-state index contributed by atoms with van der Waals surface area (Å²) in [5.74, 6) is -0.479. The standard InChI is InChI=1S/C18H22ClN5O2/c1-5-7-13-8-12(22-23(13)4)10-24-17-15(11(3)21-24)16(19)14(9-20-17)18(25)26-6-2/h8-9H,5-7,10H2,1-4H3. The van der Waals surface area contributed by atoms with Crippen molar-refractivity contribution in [3.05, 3.63) is 39.9 Å². The highest BCUT2D eigenvalue weighted by Crippen LogP contribution is 2.29. The van der Waals surface area contributed by atoms with Crippen molar-refractivity contribution >= 4 is 28.6 Å². The fraction of sp³-hybridized carbons (Fsp3) is 0.444. The van der Waals surface area contributed by atoms with E-state index in [4.69, 9.17) is 16.3 Å². The molecule has 0 saturated carbocycles. The fourth-order valence-electron chi connectivity index (χ4n) is 3.03. The molecular weight excluding hydrogens is 354 g/mol. The number of carbonyl (C=O) groups excluding carboxylic acids is 1. The second-order valence-electron chi connectivity index (χ2n) is 6.15. The zero-order valence-corrected chi connectivity index (χ0v) is 16.2. The maximum atomic E-state index is 12.0. The monoisotopic (exact) mass is 375 g/mol. The Labute approximate surface area is 156 Å². The van der Waals surface area contributed by atoms with Crippen LogP contribution in [-0.2, 0) is 24.8 Å². The summed E-state index contributed by atoms with van der Waals surface area (Å²) in [6.07, 6.45) is 3.49. The lowest BCUT2D eigenvalue weighted by Gasteiger charge is -2.05. The molecule has 26 heavy (non-hydrogen) atoms. The first-order valence-corrected chi connectivity index (χ1v) is 9.04. The van der Waals surface area contributed by atoms with Crippen molar-refractivity contribution in [1.82, 2.24) is 24.5 Å². The Bertz CT molecular complexity index is 960. The van der Waals surface area contributed by atoms with E-state index >= 15 is 0 Å². The third-order valence-corrected chi connectivity index (χ3v) is 4.61. The fourth-order valence-corrected chi connectivity index (χ4v) is 3.38. The number of fused-ring (bicyclic) bond motifs is 1. The molecule has 0 atom stereocenters. The highest BCUT2D eigenvalue weighted by molar-refractivity contribution is 6.38. The second-order valence-corrected chi connectivity index (χ2v) is 6.53. The van der Waals surface area contributed by atoms with Gasteiger partial charge in [0.1, 0.15) is 0 Å². The predicted octanol–water partition coefficient (Wildman–Crippen LogP) is 3.30. The van der Waals surface area contributed by atoms with Gasteiger partial charge in [0.15, 0.2) is 5.65 Å². The lowest BCUT2D eigenvalue weighted by Crippen LogP contribution is -2.07. The molecule has 0 aliphatic carbocycles. The van der Waals surface area contributed by atoms with E-state index in [-0.39, 0.29) is 12.2 Å². The van der Waals surface area contributed by atoms with Gasteiger partial charge < -0.3 is 4.74 Å². The van der Waals surface area contributed by atoms with Crippen LogP contribution in [0, 0.1) is 6.92 Å². The highest BCUT2D eigenvalue weighted by Gasteiger charge is 2.20. The smallest absolute Gasteiger partial charge is 0.341 e. The van der Waals surface area contributed by atoms with Crippen LogP contribution in [0.1, 0.15) is 47.7 Å². The number of aryl methyl sites for hydroxylation is 3. The number of ether oxygens (including phenoxy) is 1. The van der Waals surface area contributed by atoms with E-state index in [0.717, 1.165) is 18.5 Å². The topological polar surface area (TPSA) is 74.8 Å². The van der Waals surface area contributed by atoms with Crippen LogP contribution in [0.5, 0.6) is 0 Å². The van der Waals surface area contributed by atoms with E-state index in [0.29, 0.717) is 28.3 Å². The maximum Gasteiger partial charge on any atom is 0.341 e. The summed E-state index contributed by atoms with van der Waals surface area (Å²) in [5, 5.41) is 10.1. The van der Waals surface area contributed by atoms with E-state index in [2.05, 4.69) is 28.2 Å². The van der Waals surface area contributed by atoms with Crippen LogP contribution in [0.3, 0.4) is 0 Å². The highest BCUT2D eigenvalue weighted by atomic mass is 35.5. The van der Waals surface area contributed by atoms with Gasteiger partial charge in [0.25, 0.3) is 0 Å². The number of pyridine rings is 1. The van der Waals surface area contributed by atoms with Crippen LogP contribution in [0.4, 0.5) is 0 Å². The van der Waals surface area contributed by atoms with Crippen molar-refractivity contribution in [2.75, 3.05) is 6.61 Å². The lowest BCUT2D eigenvalue weighted by molar-refractivity contribution is 0.0526. The summed E-state index contributed by atoms with van der Waals surface area (Å²) in [6.45, 7) is 6.52. The molecule has 0 spiro atoms. The van der Waals surface area contributed by atoms with E-state index in [1.165, 1.54) is 11.9 Å². The van der Waals surface area contributed by atoms with E-state index in [9.17, 15) is 4.79 Å². The van der Waals surface area contributed by atoms with Gasteiger partial charge in [-0.2, -0.15) is 10.2 Å². The van der Waals surface area contributed by atoms with Crippen LogP contribution in [0.2, 0.25) is 5.02 Å². The summed E-state index contributed by atoms with van der Waals surface area (Å²) in [4.78, 5) is 16.4. The van der Waals surface area contributed by atoms with Gasteiger partial charge in [-0.05, 0) is 26.3 Å². The van der Waals surface area contributed by atoms with Crippen molar-refractivity contribution in [3.63, 3.8) is 0 Å². The molecule has 0 aliphatic heterocycles.